The van der Waals surface area contributed by atoms with Gasteiger partial charge in [0.25, 0.3) is 5.69 Å². The molecule has 0 saturated carbocycles. The summed E-state index contributed by atoms with van der Waals surface area (Å²) in [4.78, 5) is 23.7. The molecule has 1 aliphatic heterocycles. The SMILES string of the molecule is CC(C)(Cc1cc(N2C[C@@H](O)[C@@H](O)C2)c(I)cc1[N+](=O)[O-])OC(N)=O. The molecule has 1 heterocycles. The van der Waals surface area contributed by atoms with Crippen LogP contribution in [0, 0.1) is 13.7 Å². The largest absolute Gasteiger partial charge is 0.443 e. The van der Waals surface area contributed by atoms with E-state index in [2.05, 4.69) is 0 Å². The normalized spacial score (nSPS) is 20.6. The number of rotatable bonds is 5. The van der Waals surface area contributed by atoms with Crippen LogP contribution in [0.25, 0.3) is 0 Å². The number of ether oxygens (including phenoxy) is 1. The first-order chi connectivity index (χ1) is 11.5. The Bertz CT molecular complexity index is 686. The smallest absolute Gasteiger partial charge is 0.405 e. The van der Waals surface area contributed by atoms with Gasteiger partial charge in [0.15, 0.2) is 0 Å². The number of nitro benzene ring substituents is 1. The summed E-state index contributed by atoms with van der Waals surface area (Å²) in [5.41, 5.74) is 4.99. The minimum atomic E-state index is -1.02. The number of nitrogens with two attached hydrogens (primary N) is 1. The second-order valence-corrected chi connectivity index (χ2v) is 7.75. The molecule has 2 atom stereocenters. The van der Waals surface area contributed by atoms with Crippen molar-refractivity contribution in [1.82, 2.24) is 0 Å². The number of β-amino-alcohol motifs (C(OH)–C–C–N with tert-alkyl or cyclic N) is 2. The number of halogens is 1. The highest BCUT2D eigenvalue weighted by atomic mass is 127. The summed E-state index contributed by atoms with van der Waals surface area (Å²) in [6.45, 7) is 3.69. The summed E-state index contributed by atoms with van der Waals surface area (Å²) >= 11 is 1.98. The first-order valence-electron chi connectivity index (χ1n) is 7.56. The average Bonchev–Trinajstić information content (AvgIpc) is 2.78. The van der Waals surface area contributed by atoms with Gasteiger partial charge in [-0.05, 0) is 42.5 Å². The van der Waals surface area contributed by atoms with Crippen molar-refractivity contribution < 1.29 is 24.7 Å². The number of aliphatic hydroxyl groups is 2. The summed E-state index contributed by atoms with van der Waals surface area (Å²) in [6.07, 6.45) is -2.60. The molecular weight excluding hydrogens is 445 g/mol. The van der Waals surface area contributed by atoms with Crippen LogP contribution < -0.4 is 10.6 Å². The van der Waals surface area contributed by atoms with E-state index in [9.17, 15) is 25.1 Å². The van der Waals surface area contributed by atoms with Gasteiger partial charge in [0, 0.05) is 34.7 Å². The fraction of sp³-hybridized carbons (Fsp3) is 0.533. The van der Waals surface area contributed by atoms with Crippen LogP contribution in [-0.4, -0.2) is 52.1 Å². The lowest BCUT2D eigenvalue weighted by molar-refractivity contribution is -0.385. The van der Waals surface area contributed by atoms with Crippen LogP contribution in [0.1, 0.15) is 19.4 Å². The molecule has 138 valence electrons. The van der Waals surface area contributed by atoms with E-state index in [0.717, 1.165) is 0 Å². The molecule has 1 saturated heterocycles. The highest BCUT2D eigenvalue weighted by Gasteiger charge is 2.33. The van der Waals surface area contributed by atoms with Gasteiger partial charge in [0.2, 0.25) is 0 Å². The Morgan fingerprint density at radius 1 is 1.44 bits per heavy atom. The Morgan fingerprint density at radius 3 is 2.48 bits per heavy atom. The first kappa shape index (κ1) is 19.7. The quantitative estimate of drug-likeness (QED) is 0.337. The van der Waals surface area contributed by atoms with Gasteiger partial charge < -0.3 is 25.6 Å². The van der Waals surface area contributed by atoms with E-state index in [-0.39, 0.29) is 25.2 Å². The minimum absolute atomic E-state index is 0.0883. The molecular formula is C15H20IN3O6. The maximum Gasteiger partial charge on any atom is 0.405 e. The third kappa shape index (κ3) is 4.70. The second-order valence-electron chi connectivity index (χ2n) is 6.59. The molecule has 2 rings (SSSR count). The van der Waals surface area contributed by atoms with Crippen molar-refractivity contribution in [3.05, 3.63) is 31.4 Å². The number of amides is 1. The minimum Gasteiger partial charge on any atom is -0.443 e. The van der Waals surface area contributed by atoms with Gasteiger partial charge in [-0.15, -0.1) is 0 Å². The summed E-state index contributed by atoms with van der Waals surface area (Å²) in [5, 5.41) is 30.9. The number of hydrogen-bond acceptors (Lipinski definition) is 7. The molecule has 1 fully saturated rings. The molecule has 0 radical (unpaired) electrons. The summed E-state index contributed by atoms with van der Waals surface area (Å²) < 4.78 is 5.65. The number of aliphatic hydroxyl groups excluding tert-OH is 2. The first-order valence-corrected chi connectivity index (χ1v) is 8.64. The van der Waals surface area contributed by atoms with Gasteiger partial charge >= 0.3 is 6.09 Å². The molecule has 1 aliphatic rings. The zero-order valence-electron chi connectivity index (χ0n) is 13.8. The van der Waals surface area contributed by atoms with Crippen LogP contribution in [0.4, 0.5) is 16.2 Å². The van der Waals surface area contributed by atoms with Crippen molar-refractivity contribution in [2.24, 2.45) is 5.73 Å². The van der Waals surface area contributed by atoms with Crippen LogP contribution in [0.3, 0.4) is 0 Å². The zero-order chi connectivity index (χ0) is 18.9. The Hall–Kier alpha value is -1.66. The van der Waals surface area contributed by atoms with Crippen LogP contribution in [0.2, 0.25) is 0 Å². The molecule has 1 aromatic rings. The number of nitrogens with zero attached hydrogens (tertiary/aromatic N) is 2. The number of benzene rings is 1. The number of primary amides is 1. The van der Waals surface area contributed by atoms with E-state index >= 15 is 0 Å². The lowest BCUT2D eigenvalue weighted by Gasteiger charge is -2.25. The van der Waals surface area contributed by atoms with E-state index in [1.165, 1.54) is 6.07 Å². The van der Waals surface area contributed by atoms with Crippen molar-refractivity contribution in [3.8, 4) is 0 Å². The molecule has 25 heavy (non-hydrogen) atoms. The predicted octanol–water partition coefficient (Wildman–Crippen LogP) is 1.16. The van der Waals surface area contributed by atoms with E-state index in [1.807, 2.05) is 22.6 Å². The van der Waals surface area contributed by atoms with Gasteiger partial charge in [0.1, 0.15) is 5.60 Å². The molecule has 1 aromatic carbocycles. The zero-order valence-corrected chi connectivity index (χ0v) is 16.0. The van der Waals surface area contributed by atoms with E-state index in [4.69, 9.17) is 10.5 Å². The molecule has 0 aliphatic carbocycles. The Morgan fingerprint density at radius 2 is 2.00 bits per heavy atom. The number of carbonyl (C=O) groups excluding carboxylic acids is 1. The summed E-state index contributed by atoms with van der Waals surface area (Å²) in [7, 11) is 0. The van der Waals surface area contributed by atoms with Gasteiger partial charge in [-0.3, -0.25) is 10.1 Å². The van der Waals surface area contributed by atoms with Crippen molar-refractivity contribution in [2.75, 3.05) is 18.0 Å². The van der Waals surface area contributed by atoms with Crippen molar-refractivity contribution in [3.63, 3.8) is 0 Å². The fourth-order valence-electron chi connectivity index (χ4n) is 2.88. The number of anilines is 1. The van der Waals surface area contributed by atoms with Gasteiger partial charge in [-0.1, -0.05) is 0 Å². The number of carbonyl (C=O) groups is 1. The van der Waals surface area contributed by atoms with Crippen LogP contribution >= 0.6 is 22.6 Å². The molecule has 0 aromatic heterocycles. The van der Waals surface area contributed by atoms with E-state index < -0.39 is 28.8 Å². The molecule has 0 spiro atoms. The summed E-state index contributed by atoms with van der Waals surface area (Å²) in [6, 6.07) is 3.07. The summed E-state index contributed by atoms with van der Waals surface area (Å²) in [5.74, 6) is 0. The Kier molecular flexibility index (Phi) is 5.74. The van der Waals surface area contributed by atoms with Crippen molar-refractivity contribution in [2.45, 2.75) is 38.1 Å². The topological polar surface area (TPSA) is 139 Å². The van der Waals surface area contributed by atoms with Crippen molar-refractivity contribution >= 4 is 40.1 Å². The average molecular weight is 465 g/mol. The molecule has 10 heteroatoms. The fourth-order valence-corrected chi connectivity index (χ4v) is 3.67. The van der Waals surface area contributed by atoms with Crippen LogP contribution in [-0.2, 0) is 11.2 Å². The van der Waals surface area contributed by atoms with Gasteiger partial charge in [-0.2, -0.15) is 0 Å². The number of nitro groups is 1. The maximum atomic E-state index is 11.4. The molecule has 4 N–H and O–H groups in total. The lowest BCUT2D eigenvalue weighted by Crippen LogP contribution is -2.33. The third-order valence-electron chi connectivity index (χ3n) is 3.94. The highest BCUT2D eigenvalue weighted by molar-refractivity contribution is 14.1. The monoisotopic (exact) mass is 465 g/mol. The Labute approximate surface area is 158 Å². The Balaban J connectivity index is 2.41. The number of hydrogen-bond donors (Lipinski definition) is 3. The second kappa shape index (κ2) is 7.30. The van der Waals surface area contributed by atoms with Crippen LogP contribution in [0.15, 0.2) is 12.1 Å². The van der Waals surface area contributed by atoms with Gasteiger partial charge in [0.05, 0.1) is 22.8 Å². The van der Waals surface area contributed by atoms with Crippen LogP contribution in [0.5, 0.6) is 0 Å². The molecule has 0 bridgehead atoms. The molecule has 1 amide bonds. The predicted molar refractivity (Wildman–Crippen MR) is 98.5 cm³/mol. The highest BCUT2D eigenvalue weighted by Crippen LogP contribution is 2.35. The lowest BCUT2D eigenvalue weighted by atomic mass is 9.96. The van der Waals surface area contributed by atoms with Crippen molar-refractivity contribution in [1.29, 1.82) is 0 Å². The maximum absolute atomic E-state index is 11.4. The third-order valence-corrected chi connectivity index (χ3v) is 4.80. The standard InChI is InChI=1S/C15H20IN3O6/c1-15(2,25-14(17)22)5-8-3-11(9(16)4-10(8)19(23)24)18-6-12(20)13(21)7-18/h3-4,12-13,20-21H,5-7H2,1-2H3,(H2,17,22)/t12-,13+. The van der Waals surface area contributed by atoms with E-state index in [1.54, 1.807) is 24.8 Å². The van der Waals surface area contributed by atoms with E-state index in [0.29, 0.717) is 14.8 Å². The van der Waals surface area contributed by atoms with Gasteiger partial charge in [-0.25, -0.2) is 4.79 Å². The molecule has 9 nitrogen and oxygen atoms in total. The molecule has 0 unspecified atom stereocenters.